The third kappa shape index (κ3) is 4.73. The lowest BCUT2D eigenvalue weighted by Gasteiger charge is -2.18. The van der Waals surface area contributed by atoms with E-state index in [2.05, 4.69) is 0 Å². The van der Waals surface area contributed by atoms with Crippen molar-refractivity contribution in [3.63, 3.8) is 0 Å². The fourth-order valence-corrected chi connectivity index (χ4v) is 4.36. The number of aliphatic hydroxyl groups is 1. The lowest BCUT2D eigenvalue weighted by atomic mass is 9.88. The number of thiophene rings is 1. The molecule has 6 nitrogen and oxygen atoms in total. The molecule has 0 saturated heterocycles. The van der Waals surface area contributed by atoms with Gasteiger partial charge in [0, 0.05) is 10.8 Å². The number of hydrogen-bond acceptors (Lipinski definition) is 6. The molecule has 0 radical (unpaired) electrons. The largest absolute Gasteiger partial charge is 0.477 e. The zero-order chi connectivity index (χ0) is 20.1. The summed E-state index contributed by atoms with van der Waals surface area (Å²) in [6, 6.07) is 10.7. The average Bonchev–Trinajstić information content (AvgIpc) is 3.25. The third-order valence-electron chi connectivity index (χ3n) is 5.09. The molecule has 2 atom stereocenters. The van der Waals surface area contributed by atoms with Crippen molar-refractivity contribution in [1.29, 1.82) is 0 Å². The normalized spacial score (nSPS) is 19.3. The molecule has 3 rings (SSSR count). The monoisotopic (exact) mass is 402 g/mol. The number of carbonyl (C=O) groups is 3. The van der Waals surface area contributed by atoms with E-state index < -0.39 is 11.9 Å². The van der Waals surface area contributed by atoms with Gasteiger partial charge in [0.05, 0.1) is 32.2 Å². The fraction of sp³-hybridized carbons (Fsp3) is 0.381. The molecule has 0 aliphatic heterocycles. The molecule has 1 fully saturated rings. The Morgan fingerprint density at radius 3 is 2.46 bits per heavy atom. The molecular weight excluding hydrogens is 380 g/mol. The summed E-state index contributed by atoms with van der Waals surface area (Å²) in [4.78, 5) is 36.5. The molecule has 1 aromatic heterocycles. The number of benzene rings is 1. The first-order chi connectivity index (χ1) is 13.5. The summed E-state index contributed by atoms with van der Waals surface area (Å²) < 4.78 is 5.65. The Labute approximate surface area is 166 Å². The summed E-state index contributed by atoms with van der Waals surface area (Å²) in [5.74, 6) is -1.96. The molecule has 0 amide bonds. The van der Waals surface area contributed by atoms with Crippen LogP contribution in [-0.2, 0) is 34.0 Å². The number of ketones is 2. The van der Waals surface area contributed by atoms with Crippen molar-refractivity contribution in [3.8, 4) is 0 Å². The van der Waals surface area contributed by atoms with Crippen molar-refractivity contribution >= 4 is 28.9 Å². The molecule has 7 heteroatoms. The lowest BCUT2D eigenvalue weighted by Crippen LogP contribution is -2.23. The highest BCUT2D eigenvalue weighted by Gasteiger charge is 2.41. The Hall–Kier alpha value is -2.35. The third-order valence-corrected chi connectivity index (χ3v) is 6.14. The van der Waals surface area contributed by atoms with Crippen LogP contribution in [0.4, 0.5) is 0 Å². The van der Waals surface area contributed by atoms with Crippen LogP contribution in [0.1, 0.15) is 38.5 Å². The van der Waals surface area contributed by atoms with Gasteiger partial charge in [-0.1, -0.05) is 24.3 Å². The molecule has 0 bridgehead atoms. The Morgan fingerprint density at radius 2 is 1.79 bits per heavy atom. The van der Waals surface area contributed by atoms with E-state index in [0.29, 0.717) is 12.8 Å². The summed E-state index contributed by atoms with van der Waals surface area (Å²) >= 11 is 1.14. The Morgan fingerprint density at radius 1 is 1.07 bits per heavy atom. The van der Waals surface area contributed by atoms with Crippen molar-refractivity contribution in [2.45, 2.75) is 32.5 Å². The van der Waals surface area contributed by atoms with Gasteiger partial charge in [-0.05, 0) is 36.1 Å². The van der Waals surface area contributed by atoms with E-state index >= 15 is 0 Å². The summed E-state index contributed by atoms with van der Waals surface area (Å²) in [5, 5.41) is 18.4. The summed E-state index contributed by atoms with van der Waals surface area (Å²) in [6.07, 6.45) is 1.10. The maximum Gasteiger partial charge on any atom is 0.345 e. The Kier molecular flexibility index (Phi) is 6.72. The zero-order valence-corrected chi connectivity index (χ0v) is 16.1. The van der Waals surface area contributed by atoms with E-state index in [0.717, 1.165) is 27.3 Å². The number of aliphatic hydroxyl groups excluding tert-OH is 1. The molecule has 2 aromatic rings. The summed E-state index contributed by atoms with van der Waals surface area (Å²) in [7, 11) is 0. The first-order valence-electron chi connectivity index (χ1n) is 9.12. The number of carboxylic acid groups (broad SMARTS) is 1. The van der Waals surface area contributed by atoms with Gasteiger partial charge in [-0.3, -0.25) is 9.59 Å². The molecule has 1 saturated carbocycles. The quantitative estimate of drug-likeness (QED) is 0.626. The minimum atomic E-state index is -0.976. The first-order valence-corrected chi connectivity index (χ1v) is 9.94. The van der Waals surface area contributed by atoms with Crippen molar-refractivity contribution in [1.82, 2.24) is 0 Å². The second kappa shape index (κ2) is 9.23. The predicted octanol–water partition coefficient (Wildman–Crippen LogP) is 2.86. The highest BCUT2D eigenvalue weighted by molar-refractivity contribution is 7.13. The van der Waals surface area contributed by atoms with E-state index in [4.69, 9.17) is 9.84 Å². The maximum atomic E-state index is 12.3. The molecule has 1 unspecified atom stereocenters. The lowest BCUT2D eigenvalue weighted by molar-refractivity contribution is -0.123. The van der Waals surface area contributed by atoms with Gasteiger partial charge < -0.3 is 14.9 Å². The predicted molar refractivity (Wildman–Crippen MR) is 103 cm³/mol. The van der Waals surface area contributed by atoms with Gasteiger partial charge in [0.1, 0.15) is 16.4 Å². The van der Waals surface area contributed by atoms with Crippen LogP contribution in [-0.4, -0.2) is 34.4 Å². The van der Waals surface area contributed by atoms with Crippen LogP contribution >= 0.6 is 11.3 Å². The molecular formula is C21H22O6S. The molecule has 1 heterocycles. The Balaban J connectivity index is 1.58. The standard InChI is InChI=1S/C21H22O6S/c22-10-14-4-2-1-3-13(14)5-7-16-17(19(24)9-18(16)23)12-27-11-15-6-8-20(28-15)21(25)26/h1-4,6,8,16-17,22H,5,7,9-12H2,(H,25,26)/t16?,17-/m1/s1. The smallest absolute Gasteiger partial charge is 0.345 e. The highest BCUT2D eigenvalue weighted by Crippen LogP contribution is 2.31. The Bertz CT molecular complexity index is 871. The molecule has 1 aliphatic rings. The van der Waals surface area contributed by atoms with Crippen molar-refractivity contribution in [2.24, 2.45) is 11.8 Å². The maximum absolute atomic E-state index is 12.3. The van der Waals surface area contributed by atoms with Gasteiger partial charge in [-0.2, -0.15) is 0 Å². The first kappa shape index (κ1) is 20.4. The molecule has 1 aliphatic carbocycles. The zero-order valence-electron chi connectivity index (χ0n) is 15.3. The molecule has 148 valence electrons. The number of rotatable bonds is 9. The number of ether oxygens (including phenoxy) is 1. The van der Waals surface area contributed by atoms with Crippen LogP contribution < -0.4 is 0 Å². The molecule has 1 aromatic carbocycles. The van der Waals surface area contributed by atoms with E-state index in [1.807, 2.05) is 24.3 Å². The summed E-state index contributed by atoms with van der Waals surface area (Å²) in [5.41, 5.74) is 1.82. The average molecular weight is 402 g/mol. The summed E-state index contributed by atoms with van der Waals surface area (Å²) in [6.45, 7) is 0.312. The van der Waals surface area contributed by atoms with Crippen LogP contribution in [0.25, 0.3) is 0 Å². The topological polar surface area (TPSA) is 101 Å². The number of carboxylic acids is 1. The number of carbonyl (C=O) groups excluding carboxylic acids is 2. The number of hydrogen-bond donors (Lipinski definition) is 2. The number of aryl methyl sites for hydroxylation is 1. The second-order valence-corrected chi connectivity index (χ2v) is 8.04. The van der Waals surface area contributed by atoms with E-state index in [1.54, 1.807) is 6.07 Å². The van der Waals surface area contributed by atoms with Crippen LogP contribution in [0.5, 0.6) is 0 Å². The molecule has 28 heavy (non-hydrogen) atoms. The van der Waals surface area contributed by atoms with Crippen molar-refractivity contribution in [2.75, 3.05) is 6.61 Å². The minimum absolute atomic E-state index is 0.0515. The van der Waals surface area contributed by atoms with Gasteiger partial charge in [0.15, 0.2) is 0 Å². The van der Waals surface area contributed by atoms with Crippen molar-refractivity contribution in [3.05, 3.63) is 57.3 Å². The second-order valence-electron chi connectivity index (χ2n) is 6.87. The van der Waals surface area contributed by atoms with E-state index in [9.17, 15) is 19.5 Å². The number of Topliss-reactive ketones (excluding diaryl/α,β-unsaturated/α-hetero) is 2. The SMILES string of the molecule is O=C(O)c1ccc(COC[C@H]2C(=O)CC(=O)C2CCc2ccccc2CO)s1. The molecule has 2 N–H and O–H groups in total. The number of aromatic carboxylic acids is 1. The highest BCUT2D eigenvalue weighted by atomic mass is 32.1. The molecule has 0 spiro atoms. The van der Waals surface area contributed by atoms with Crippen LogP contribution in [0, 0.1) is 11.8 Å². The van der Waals surface area contributed by atoms with Gasteiger partial charge >= 0.3 is 5.97 Å². The van der Waals surface area contributed by atoms with E-state index in [1.165, 1.54) is 6.07 Å². The van der Waals surface area contributed by atoms with Gasteiger partial charge in [-0.15, -0.1) is 11.3 Å². The minimum Gasteiger partial charge on any atom is -0.477 e. The van der Waals surface area contributed by atoms with Crippen LogP contribution in [0.15, 0.2) is 36.4 Å². The van der Waals surface area contributed by atoms with E-state index in [-0.39, 0.29) is 48.6 Å². The van der Waals surface area contributed by atoms with Crippen LogP contribution in [0.2, 0.25) is 0 Å². The van der Waals surface area contributed by atoms with Crippen LogP contribution in [0.3, 0.4) is 0 Å². The fourth-order valence-electron chi connectivity index (χ4n) is 3.58. The van der Waals surface area contributed by atoms with Gasteiger partial charge in [0.2, 0.25) is 0 Å². The van der Waals surface area contributed by atoms with Crippen molar-refractivity contribution < 1.29 is 29.3 Å². The van der Waals surface area contributed by atoms with Gasteiger partial charge in [0.25, 0.3) is 0 Å². The van der Waals surface area contributed by atoms with Gasteiger partial charge in [-0.25, -0.2) is 4.79 Å².